The van der Waals surface area contributed by atoms with E-state index >= 15 is 0 Å². The van der Waals surface area contributed by atoms with Gasteiger partial charge in [-0.05, 0) is 30.8 Å². The van der Waals surface area contributed by atoms with Gasteiger partial charge in [0.2, 0.25) is 0 Å². The zero-order valence-corrected chi connectivity index (χ0v) is 11.7. The zero-order chi connectivity index (χ0) is 14.5. The molecule has 0 radical (unpaired) electrons. The highest BCUT2D eigenvalue weighted by Gasteiger charge is 2.38. The first-order valence-electron chi connectivity index (χ1n) is 6.65. The second kappa shape index (κ2) is 6.73. The number of rotatable bonds is 6. The minimum Gasteiger partial charge on any atom is -0.465 e. The van der Waals surface area contributed by atoms with Crippen LogP contribution >= 0.6 is 0 Å². The van der Waals surface area contributed by atoms with E-state index in [1.807, 2.05) is 13.8 Å². The van der Waals surface area contributed by atoms with Gasteiger partial charge in [-0.1, -0.05) is 38.1 Å². The quantitative estimate of drug-likeness (QED) is 0.594. The lowest BCUT2D eigenvalue weighted by atomic mass is 9.73. The van der Waals surface area contributed by atoms with Crippen molar-refractivity contribution >= 4 is 18.6 Å². The first-order valence-corrected chi connectivity index (χ1v) is 6.65. The van der Waals surface area contributed by atoms with Gasteiger partial charge in [-0.3, -0.25) is 4.79 Å². The third-order valence-electron chi connectivity index (χ3n) is 3.63. The van der Waals surface area contributed by atoms with E-state index in [1.54, 1.807) is 31.2 Å². The van der Waals surface area contributed by atoms with Crippen molar-refractivity contribution < 1.29 is 19.6 Å². The highest BCUT2D eigenvalue weighted by atomic mass is 16.5. The first-order chi connectivity index (χ1) is 9.01. The van der Waals surface area contributed by atoms with E-state index in [-0.39, 0.29) is 5.97 Å². The van der Waals surface area contributed by atoms with Crippen LogP contribution in [0.25, 0.3) is 0 Å². The van der Waals surface area contributed by atoms with Crippen molar-refractivity contribution in [1.82, 2.24) is 0 Å². The Labute approximate surface area is 114 Å². The Morgan fingerprint density at radius 1 is 1.16 bits per heavy atom. The van der Waals surface area contributed by atoms with Crippen LogP contribution in [0.3, 0.4) is 0 Å². The van der Waals surface area contributed by atoms with E-state index in [0.29, 0.717) is 24.9 Å². The third-order valence-corrected chi connectivity index (χ3v) is 3.63. The summed E-state index contributed by atoms with van der Waals surface area (Å²) >= 11 is 0. The molecule has 2 N–H and O–H groups in total. The average molecular weight is 264 g/mol. The van der Waals surface area contributed by atoms with Crippen molar-refractivity contribution in [2.45, 2.75) is 39.0 Å². The lowest BCUT2D eigenvalue weighted by Gasteiger charge is -2.29. The molecule has 0 aliphatic rings. The topological polar surface area (TPSA) is 66.8 Å². The monoisotopic (exact) mass is 264 g/mol. The molecule has 1 rings (SSSR count). The van der Waals surface area contributed by atoms with Crippen LogP contribution in [0.1, 0.15) is 39.2 Å². The minimum atomic E-state index is -1.49. The fourth-order valence-corrected chi connectivity index (χ4v) is 2.31. The Kier molecular flexibility index (Phi) is 5.57. The van der Waals surface area contributed by atoms with E-state index in [2.05, 4.69) is 0 Å². The molecule has 0 bridgehead atoms. The van der Waals surface area contributed by atoms with Crippen LogP contribution in [-0.2, 0) is 14.9 Å². The molecule has 19 heavy (non-hydrogen) atoms. The van der Waals surface area contributed by atoms with Crippen molar-refractivity contribution in [2.75, 3.05) is 6.61 Å². The molecule has 0 fully saturated rings. The van der Waals surface area contributed by atoms with Gasteiger partial charge in [0.1, 0.15) is 0 Å². The SMILES string of the molecule is CCOC(=O)C(CC)(CC)c1ccc(B(O)O)cc1. The fraction of sp³-hybridized carbons (Fsp3) is 0.500. The van der Waals surface area contributed by atoms with Gasteiger partial charge in [0.15, 0.2) is 0 Å². The summed E-state index contributed by atoms with van der Waals surface area (Å²) in [6.45, 7) is 6.05. The number of hydrogen-bond donors (Lipinski definition) is 2. The van der Waals surface area contributed by atoms with Crippen LogP contribution in [0.4, 0.5) is 0 Å². The van der Waals surface area contributed by atoms with E-state index in [9.17, 15) is 4.79 Å². The maximum Gasteiger partial charge on any atom is 0.488 e. The van der Waals surface area contributed by atoms with Crippen LogP contribution in [0.15, 0.2) is 24.3 Å². The number of benzene rings is 1. The summed E-state index contributed by atoms with van der Waals surface area (Å²) in [6.07, 6.45) is 1.28. The van der Waals surface area contributed by atoms with Gasteiger partial charge < -0.3 is 14.8 Å². The molecule has 0 saturated carbocycles. The Hall–Kier alpha value is -1.33. The Bertz CT molecular complexity index is 410. The van der Waals surface area contributed by atoms with Crippen LogP contribution < -0.4 is 5.46 Å². The molecule has 5 heteroatoms. The van der Waals surface area contributed by atoms with Gasteiger partial charge in [-0.2, -0.15) is 0 Å². The van der Waals surface area contributed by atoms with Gasteiger partial charge >= 0.3 is 13.1 Å². The molecule has 0 saturated heterocycles. The van der Waals surface area contributed by atoms with E-state index in [0.717, 1.165) is 5.56 Å². The molecule has 0 atom stereocenters. The molecular weight excluding hydrogens is 243 g/mol. The largest absolute Gasteiger partial charge is 0.488 e. The minimum absolute atomic E-state index is 0.225. The summed E-state index contributed by atoms with van der Waals surface area (Å²) in [5.74, 6) is -0.225. The molecule has 0 aliphatic carbocycles. The fourth-order valence-electron chi connectivity index (χ4n) is 2.31. The molecule has 4 nitrogen and oxygen atoms in total. The summed E-state index contributed by atoms with van der Waals surface area (Å²) in [7, 11) is -1.49. The summed E-state index contributed by atoms with van der Waals surface area (Å²) in [5, 5.41) is 18.2. The molecule has 1 aromatic carbocycles. The summed E-state index contributed by atoms with van der Waals surface area (Å²) < 4.78 is 5.18. The second-order valence-corrected chi connectivity index (χ2v) is 4.51. The molecule has 0 aromatic heterocycles. The number of ether oxygens (including phenoxy) is 1. The van der Waals surface area contributed by atoms with Gasteiger partial charge in [0.25, 0.3) is 0 Å². The molecular formula is C14H21BO4. The molecule has 1 aromatic rings. The molecule has 0 spiro atoms. The Morgan fingerprint density at radius 2 is 1.68 bits per heavy atom. The van der Waals surface area contributed by atoms with Gasteiger partial charge in [0, 0.05) is 0 Å². The molecule has 104 valence electrons. The van der Waals surface area contributed by atoms with E-state index in [4.69, 9.17) is 14.8 Å². The molecule has 0 aliphatic heterocycles. The lowest BCUT2D eigenvalue weighted by molar-refractivity contribution is -0.150. The van der Waals surface area contributed by atoms with Crippen LogP contribution in [-0.4, -0.2) is 29.7 Å². The van der Waals surface area contributed by atoms with Crippen molar-refractivity contribution in [3.05, 3.63) is 29.8 Å². The van der Waals surface area contributed by atoms with Crippen molar-refractivity contribution in [3.8, 4) is 0 Å². The van der Waals surface area contributed by atoms with Crippen LogP contribution in [0.5, 0.6) is 0 Å². The van der Waals surface area contributed by atoms with Gasteiger partial charge in [0.05, 0.1) is 12.0 Å². The third kappa shape index (κ3) is 3.17. The predicted octanol–water partition coefficient (Wildman–Crippen LogP) is 0.987. The maximum absolute atomic E-state index is 12.2. The van der Waals surface area contributed by atoms with Crippen molar-refractivity contribution in [1.29, 1.82) is 0 Å². The van der Waals surface area contributed by atoms with Crippen molar-refractivity contribution in [3.63, 3.8) is 0 Å². The smallest absolute Gasteiger partial charge is 0.465 e. The number of carbonyl (C=O) groups is 1. The highest BCUT2D eigenvalue weighted by Crippen LogP contribution is 2.32. The maximum atomic E-state index is 12.2. The van der Waals surface area contributed by atoms with E-state index in [1.165, 1.54) is 0 Å². The summed E-state index contributed by atoms with van der Waals surface area (Å²) in [4.78, 5) is 12.2. The van der Waals surface area contributed by atoms with E-state index < -0.39 is 12.5 Å². The number of hydrogen-bond acceptors (Lipinski definition) is 4. The number of esters is 1. The molecule has 0 unspecified atom stereocenters. The van der Waals surface area contributed by atoms with Crippen LogP contribution in [0.2, 0.25) is 0 Å². The molecule has 0 amide bonds. The second-order valence-electron chi connectivity index (χ2n) is 4.51. The summed E-state index contributed by atoms with van der Waals surface area (Å²) in [5.41, 5.74) is 0.601. The van der Waals surface area contributed by atoms with Gasteiger partial charge in [-0.15, -0.1) is 0 Å². The van der Waals surface area contributed by atoms with Crippen LogP contribution in [0, 0.1) is 0 Å². The Morgan fingerprint density at radius 3 is 2.05 bits per heavy atom. The number of carbonyl (C=O) groups excluding carboxylic acids is 1. The lowest BCUT2D eigenvalue weighted by Crippen LogP contribution is -2.37. The van der Waals surface area contributed by atoms with Crippen molar-refractivity contribution in [2.24, 2.45) is 0 Å². The predicted molar refractivity (Wildman–Crippen MR) is 75.2 cm³/mol. The Balaban J connectivity index is 3.15. The zero-order valence-electron chi connectivity index (χ0n) is 11.7. The van der Waals surface area contributed by atoms with Gasteiger partial charge in [-0.25, -0.2) is 0 Å². The summed E-state index contributed by atoms with van der Waals surface area (Å²) in [6, 6.07) is 6.77. The normalized spacial score (nSPS) is 11.2. The average Bonchev–Trinajstić information content (AvgIpc) is 2.41. The highest BCUT2D eigenvalue weighted by molar-refractivity contribution is 6.58. The first kappa shape index (κ1) is 15.7. The molecule has 0 heterocycles. The standard InChI is InChI=1S/C14H21BO4/c1-4-14(5-2,13(16)19-6-3)11-7-9-12(10-8-11)15(17)18/h7-10,17-18H,4-6H2,1-3H3.